The van der Waals surface area contributed by atoms with Crippen molar-refractivity contribution in [3.05, 3.63) is 59.7 Å². The summed E-state index contributed by atoms with van der Waals surface area (Å²) in [6.07, 6.45) is 3.56. The van der Waals surface area contributed by atoms with Gasteiger partial charge in [-0.05, 0) is 60.6 Å². The van der Waals surface area contributed by atoms with Crippen LogP contribution in [0.25, 0.3) is 0 Å². The summed E-state index contributed by atoms with van der Waals surface area (Å²) in [6, 6.07) is 17.6. The average Bonchev–Trinajstić information content (AvgIpc) is 2.62. The first-order valence-corrected chi connectivity index (χ1v) is 8.28. The molecule has 1 heterocycles. The smallest absolute Gasteiger partial charge is 0.118 e. The topological polar surface area (TPSA) is 12.5 Å². The van der Waals surface area contributed by atoms with Crippen molar-refractivity contribution in [3.63, 3.8) is 0 Å². The lowest BCUT2D eigenvalue weighted by atomic mass is 9.89. The maximum absolute atomic E-state index is 5.24. The second-order valence-electron chi connectivity index (χ2n) is 6.05. The highest BCUT2D eigenvalue weighted by molar-refractivity contribution is 5.48. The molecule has 3 rings (SSSR count). The van der Waals surface area contributed by atoms with Gasteiger partial charge in [-0.25, -0.2) is 0 Å². The molecule has 0 aliphatic carbocycles. The van der Waals surface area contributed by atoms with Crippen LogP contribution in [0.15, 0.2) is 48.5 Å². The molecule has 1 aliphatic heterocycles. The molecule has 0 bridgehead atoms. The molecule has 2 nitrogen and oxygen atoms in total. The van der Waals surface area contributed by atoms with Gasteiger partial charge in [0.2, 0.25) is 0 Å². The summed E-state index contributed by atoms with van der Waals surface area (Å²) in [5.41, 5.74) is 4.23. The maximum atomic E-state index is 5.24. The normalized spacial score (nSPS) is 15.8. The Labute approximate surface area is 133 Å². The molecular formula is C20H25NO. The van der Waals surface area contributed by atoms with Gasteiger partial charge in [0.05, 0.1) is 7.11 Å². The van der Waals surface area contributed by atoms with E-state index in [1.165, 1.54) is 29.7 Å². The summed E-state index contributed by atoms with van der Waals surface area (Å²) in [7, 11) is 1.72. The van der Waals surface area contributed by atoms with Gasteiger partial charge in [-0.2, -0.15) is 0 Å². The van der Waals surface area contributed by atoms with Gasteiger partial charge >= 0.3 is 0 Å². The Kier molecular flexibility index (Phi) is 4.67. The Morgan fingerprint density at radius 1 is 0.955 bits per heavy atom. The van der Waals surface area contributed by atoms with E-state index in [9.17, 15) is 0 Å². The minimum Gasteiger partial charge on any atom is -0.497 e. The minimum absolute atomic E-state index is 0.678. The SMILES string of the molecule is CCc1ccc(N2CCC(c3ccc(OC)cc3)CC2)cc1. The van der Waals surface area contributed by atoms with Crippen molar-refractivity contribution in [3.8, 4) is 5.75 Å². The zero-order valence-corrected chi connectivity index (χ0v) is 13.6. The van der Waals surface area contributed by atoms with Crippen molar-refractivity contribution in [1.29, 1.82) is 0 Å². The quantitative estimate of drug-likeness (QED) is 0.814. The molecule has 2 heteroatoms. The zero-order chi connectivity index (χ0) is 15.4. The lowest BCUT2D eigenvalue weighted by Gasteiger charge is -2.34. The van der Waals surface area contributed by atoms with E-state index in [4.69, 9.17) is 4.74 Å². The first-order valence-electron chi connectivity index (χ1n) is 8.28. The number of piperidine rings is 1. The molecule has 1 saturated heterocycles. The molecule has 0 unspecified atom stereocenters. The average molecular weight is 295 g/mol. The molecule has 0 atom stereocenters. The van der Waals surface area contributed by atoms with Crippen molar-refractivity contribution in [1.82, 2.24) is 0 Å². The van der Waals surface area contributed by atoms with Crippen molar-refractivity contribution in [2.24, 2.45) is 0 Å². The van der Waals surface area contributed by atoms with Crippen LogP contribution in [0.1, 0.15) is 36.8 Å². The highest BCUT2D eigenvalue weighted by atomic mass is 16.5. The van der Waals surface area contributed by atoms with E-state index in [-0.39, 0.29) is 0 Å². The number of ether oxygens (including phenoxy) is 1. The summed E-state index contributed by atoms with van der Waals surface area (Å²) in [6.45, 7) is 4.49. The van der Waals surface area contributed by atoms with E-state index >= 15 is 0 Å². The second-order valence-corrected chi connectivity index (χ2v) is 6.05. The number of hydrogen-bond acceptors (Lipinski definition) is 2. The summed E-state index contributed by atoms with van der Waals surface area (Å²) >= 11 is 0. The van der Waals surface area contributed by atoms with Gasteiger partial charge in [0.25, 0.3) is 0 Å². The Bertz CT molecular complexity index is 525. The van der Waals surface area contributed by atoms with Gasteiger partial charge in [0.15, 0.2) is 0 Å². The number of rotatable bonds is 4. The summed E-state index contributed by atoms with van der Waals surface area (Å²) in [4.78, 5) is 2.51. The highest BCUT2D eigenvalue weighted by Gasteiger charge is 2.20. The number of benzene rings is 2. The molecule has 22 heavy (non-hydrogen) atoms. The van der Waals surface area contributed by atoms with Gasteiger partial charge < -0.3 is 9.64 Å². The Hall–Kier alpha value is -1.96. The summed E-state index contributed by atoms with van der Waals surface area (Å²) < 4.78 is 5.24. The number of methoxy groups -OCH3 is 1. The third kappa shape index (κ3) is 3.27. The van der Waals surface area contributed by atoms with Crippen LogP contribution < -0.4 is 9.64 Å². The van der Waals surface area contributed by atoms with E-state index in [2.05, 4.69) is 60.4 Å². The van der Waals surface area contributed by atoms with Gasteiger partial charge in [0.1, 0.15) is 5.75 Å². The van der Waals surface area contributed by atoms with Crippen molar-refractivity contribution < 1.29 is 4.74 Å². The first kappa shape index (κ1) is 15.0. The molecule has 0 radical (unpaired) electrons. The third-order valence-corrected chi connectivity index (χ3v) is 4.79. The van der Waals surface area contributed by atoms with Crippen LogP contribution in [0, 0.1) is 0 Å². The molecule has 116 valence electrons. The number of aryl methyl sites for hydroxylation is 1. The second kappa shape index (κ2) is 6.87. The molecule has 1 fully saturated rings. The fourth-order valence-corrected chi connectivity index (χ4v) is 3.29. The van der Waals surface area contributed by atoms with Crippen LogP contribution in [0.2, 0.25) is 0 Å². The van der Waals surface area contributed by atoms with E-state index < -0.39 is 0 Å². The van der Waals surface area contributed by atoms with Crippen molar-refractivity contribution >= 4 is 5.69 Å². The number of anilines is 1. The van der Waals surface area contributed by atoms with Crippen LogP contribution in [-0.4, -0.2) is 20.2 Å². The Morgan fingerprint density at radius 2 is 1.59 bits per heavy atom. The summed E-state index contributed by atoms with van der Waals surface area (Å²) in [5.74, 6) is 1.62. The highest BCUT2D eigenvalue weighted by Crippen LogP contribution is 2.31. The molecule has 0 N–H and O–H groups in total. The monoisotopic (exact) mass is 295 g/mol. The van der Waals surface area contributed by atoms with Crippen LogP contribution in [-0.2, 0) is 6.42 Å². The molecule has 2 aromatic carbocycles. The number of hydrogen-bond donors (Lipinski definition) is 0. The molecule has 0 amide bonds. The Morgan fingerprint density at radius 3 is 2.14 bits per heavy atom. The largest absolute Gasteiger partial charge is 0.497 e. The molecule has 0 saturated carbocycles. The van der Waals surface area contributed by atoms with Crippen molar-refractivity contribution in [2.75, 3.05) is 25.1 Å². The minimum atomic E-state index is 0.678. The molecular weight excluding hydrogens is 270 g/mol. The maximum Gasteiger partial charge on any atom is 0.118 e. The molecule has 0 spiro atoms. The standard InChI is InChI=1S/C20H25NO/c1-3-16-4-8-19(9-5-16)21-14-12-18(13-15-21)17-6-10-20(22-2)11-7-17/h4-11,18H,3,12-15H2,1-2H3. The van der Waals surface area contributed by atoms with Gasteiger partial charge in [-0.1, -0.05) is 31.2 Å². The van der Waals surface area contributed by atoms with Crippen LogP contribution in [0.4, 0.5) is 5.69 Å². The van der Waals surface area contributed by atoms with Crippen LogP contribution in [0.5, 0.6) is 5.75 Å². The van der Waals surface area contributed by atoms with E-state index in [0.717, 1.165) is 25.3 Å². The van der Waals surface area contributed by atoms with E-state index in [1.807, 2.05) is 0 Å². The van der Waals surface area contributed by atoms with E-state index in [0.29, 0.717) is 5.92 Å². The number of nitrogens with zero attached hydrogens (tertiary/aromatic N) is 1. The van der Waals surface area contributed by atoms with Crippen LogP contribution in [0.3, 0.4) is 0 Å². The first-order chi connectivity index (χ1) is 10.8. The zero-order valence-electron chi connectivity index (χ0n) is 13.6. The van der Waals surface area contributed by atoms with Crippen molar-refractivity contribution in [2.45, 2.75) is 32.1 Å². The Balaban J connectivity index is 1.61. The lowest BCUT2D eigenvalue weighted by molar-refractivity contribution is 0.414. The predicted molar refractivity (Wildman–Crippen MR) is 93.0 cm³/mol. The van der Waals surface area contributed by atoms with E-state index in [1.54, 1.807) is 7.11 Å². The fraction of sp³-hybridized carbons (Fsp3) is 0.400. The van der Waals surface area contributed by atoms with Gasteiger partial charge in [-0.15, -0.1) is 0 Å². The van der Waals surface area contributed by atoms with Gasteiger partial charge in [0, 0.05) is 18.8 Å². The van der Waals surface area contributed by atoms with Gasteiger partial charge in [-0.3, -0.25) is 0 Å². The molecule has 1 aliphatic rings. The lowest BCUT2D eigenvalue weighted by Crippen LogP contribution is -2.32. The van der Waals surface area contributed by atoms with Crippen LogP contribution >= 0.6 is 0 Å². The third-order valence-electron chi connectivity index (χ3n) is 4.79. The predicted octanol–water partition coefficient (Wildman–Crippen LogP) is 4.64. The molecule has 0 aromatic heterocycles. The summed E-state index contributed by atoms with van der Waals surface area (Å²) in [5, 5.41) is 0. The molecule has 2 aromatic rings. The fourth-order valence-electron chi connectivity index (χ4n) is 3.29.